The highest BCUT2D eigenvalue weighted by molar-refractivity contribution is 7.98. The van der Waals surface area contributed by atoms with Gasteiger partial charge in [0, 0.05) is 12.0 Å². The lowest BCUT2D eigenvalue weighted by atomic mass is 10.1. The molecule has 0 unspecified atom stereocenters. The van der Waals surface area contributed by atoms with Gasteiger partial charge in [-0.2, -0.15) is 13.8 Å². The van der Waals surface area contributed by atoms with Crippen LogP contribution in [0.1, 0.15) is 25.6 Å². The molecule has 0 spiro atoms. The topological polar surface area (TPSA) is 87.1 Å². The number of halogens is 2. The first-order chi connectivity index (χ1) is 12.5. The van der Waals surface area contributed by atoms with Crippen molar-refractivity contribution >= 4 is 11.8 Å². The Labute approximate surface area is 152 Å². The van der Waals surface area contributed by atoms with Crippen molar-refractivity contribution in [3.05, 3.63) is 36.0 Å². The van der Waals surface area contributed by atoms with Crippen molar-refractivity contribution < 1.29 is 22.5 Å². The van der Waals surface area contributed by atoms with Crippen LogP contribution >= 0.6 is 11.8 Å². The normalized spacial score (nSPS) is 11.5. The van der Waals surface area contributed by atoms with Crippen LogP contribution in [0.15, 0.2) is 38.4 Å². The lowest BCUT2D eigenvalue weighted by Crippen LogP contribution is -2.01. The molecule has 0 saturated heterocycles. The zero-order chi connectivity index (χ0) is 18.5. The van der Waals surface area contributed by atoms with Gasteiger partial charge in [-0.25, -0.2) is 0 Å². The Kier molecular flexibility index (Phi) is 5.82. The number of thioether (sulfide) groups is 1. The number of alkyl halides is 2. The SMILES string of the molecule is CC(C)Cc1noc(CSc2nnc(-c3ccc(OC(F)F)cc3)o2)n1. The van der Waals surface area contributed by atoms with Gasteiger partial charge < -0.3 is 13.7 Å². The highest BCUT2D eigenvalue weighted by atomic mass is 32.2. The van der Waals surface area contributed by atoms with Gasteiger partial charge in [-0.05, 0) is 30.2 Å². The highest BCUT2D eigenvalue weighted by Crippen LogP contribution is 2.27. The van der Waals surface area contributed by atoms with Crippen LogP contribution in [0, 0.1) is 5.92 Å². The number of aromatic nitrogens is 4. The van der Waals surface area contributed by atoms with E-state index in [4.69, 9.17) is 8.94 Å². The Morgan fingerprint density at radius 1 is 1.15 bits per heavy atom. The highest BCUT2D eigenvalue weighted by Gasteiger charge is 2.13. The summed E-state index contributed by atoms with van der Waals surface area (Å²) in [6, 6.07) is 5.95. The first-order valence-corrected chi connectivity index (χ1v) is 8.81. The molecule has 7 nitrogen and oxygen atoms in total. The van der Waals surface area contributed by atoms with E-state index in [1.807, 2.05) is 0 Å². The van der Waals surface area contributed by atoms with Gasteiger partial charge in [0.15, 0.2) is 5.82 Å². The zero-order valence-corrected chi connectivity index (χ0v) is 14.9. The number of rotatable bonds is 8. The van der Waals surface area contributed by atoms with E-state index in [-0.39, 0.29) is 11.6 Å². The van der Waals surface area contributed by atoms with Crippen molar-refractivity contribution in [2.75, 3.05) is 0 Å². The molecule has 10 heteroatoms. The van der Waals surface area contributed by atoms with Crippen molar-refractivity contribution in [2.45, 2.75) is 37.9 Å². The summed E-state index contributed by atoms with van der Waals surface area (Å²) in [5.41, 5.74) is 0.600. The van der Waals surface area contributed by atoms with Crippen LogP contribution in [0.25, 0.3) is 11.5 Å². The van der Waals surface area contributed by atoms with Crippen LogP contribution in [0.4, 0.5) is 8.78 Å². The maximum atomic E-state index is 12.2. The summed E-state index contributed by atoms with van der Waals surface area (Å²) in [6.45, 7) is 1.30. The van der Waals surface area contributed by atoms with E-state index in [2.05, 4.69) is 38.9 Å². The Balaban J connectivity index is 1.58. The van der Waals surface area contributed by atoms with Gasteiger partial charge in [0.25, 0.3) is 5.22 Å². The maximum Gasteiger partial charge on any atom is 0.387 e. The average Bonchev–Trinajstić information content (AvgIpc) is 3.22. The molecule has 0 amide bonds. The smallest absolute Gasteiger partial charge is 0.387 e. The third-order valence-corrected chi connectivity index (χ3v) is 3.96. The van der Waals surface area contributed by atoms with E-state index in [1.54, 1.807) is 12.1 Å². The third-order valence-electron chi connectivity index (χ3n) is 3.15. The van der Waals surface area contributed by atoms with E-state index in [9.17, 15) is 8.78 Å². The fourth-order valence-electron chi connectivity index (χ4n) is 2.08. The predicted octanol–water partition coefficient (Wildman–Crippen LogP) is 4.21. The van der Waals surface area contributed by atoms with Crippen LogP contribution < -0.4 is 4.74 Å². The second kappa shape index (κ2) is 8.26. The van der Waals surface area contributed by atoms with Crippen molar-refractivity contribution in [3.8, 4) is 17.2 Å². The molecule has 0 radical (unpaired) electrons. The summed E-state index contributed by atoms with van der Waals surface area (Å²) in [6.07, 6.45) is 0.754. The van der Waals surface area contributed by atoms with Gasteiger partial charge >= 0.3 is 6.61 Å². The molecule has 0 aliphatic rings. The van der Waals surface area contributed by atoms with Crippen LogP contribution in [0.5, 0.6) is 5.75 Å². The fraction of sp³-hybridized carbons (Fsp3) is 0.375. The van der Waals surface area contributed by atoms with Crippen LogP contribution in [0.3, 0.4) is 0 Å². The molecule has 0 N–H and O–H groups in total. The molecule has 0 atom stereocenters. The molecule has 0 fully saturated rings. The van der Waals surface area contributed by atoms with Crippen molar-refractivity contribution in [1.29, 1.82) is 0 Å². The van der Waals surface area contributed by atoms with Gasteiger partial charge in [0.05, 0.1) is 5.75 Å². The number of hydrogen-bond acceptors (Lipinski definition) is 8. The molecule has 1 aromatic carbocycles. The molecular weight excluding hydrogens is 366 g/mol. The average molecular weight is 382 g/mol. The first kappa shape index (κ1) is 18.3. The summed E-state index contributed by atoms with van der Waals surface area (Å²) in [5, 5.41) is 12.1. The van der Waals surface area contributed by atoms with Crippen molar-refractivity contribution in [3.63, 3.8) is 0 Å². The monoisotopic (exact) mass is 382 g/mol. The van der Waals surface area contributed by atoms with Gasteiger partial charge in [0.2, 0.25) is 11.8 Å². The van der Waals surface area contributed by atoms with Crippen molar-refractivity contribution in [2.24, 2.45) is 5.92 Å². The molecule has 26 heavy (non-hydrogen) atoms. The van der Waals surface area contributed by atoms with E-state index < -0.39 is 6.61 Å². The van der Waals surface area contributed by atoms with Gasteiger partial charge in [-0.15, -0.1) is 10.2 Å². The van der Waals surface area contributed by atoms with Gasteiger partial charge in [0.1, 0.15) is 5.75 Å². The summed E-state index contributed by atoms with van der Waals surface area (Å²) in [5.74, 6) is 2.36. The predicted molar refractivity (Wildman–Crippen MR) is 88.8 cm³/mol. The maximum absolute atomic E-state index is 12.2. The molecule has 0 saturated carbocycles. The second-order valence-electron chi connectivity index (χ2n) is 5.77. The molecule has 0 aliphatic carbocycles. The number of hydrogen-bond donors (Lipinski definition) is 0. The fourth-order valence-corrected chi connectivity index (χ4v) is 2.68. The Morgan fingerprint density at radius 3 is 2.62 bits per heavy atom. The van der Waals surface area contributed by atoms with Crippen molar-refractivity contribution in [1.82, 2.24) is 20.3 Å². The number of nitrogens with zero attached hydrogens (tertiary/aromatic N) is 4. The van der Waals surface area contributed by atoms with E-state index in [1.165, 1.54) is 23.9 Å². The minimum atomic E-state index is -2.86. The summed E-state index contributed by atoms with van der Waals surface area (Å²) in [7, 11) is 0. The van der Waals surface area contributed by atoms with Crippen LogP contribution in [0.2, 0.25) is 0 Å². The lowest BCUT2D eigenvalue weighted by molar-refractivity contribution is -0.0498. The molecule has 3 rings (SSSR count). The summed E-state index contributed by atoms with van der Waals surface area (Å²) >= 11 is 1.27. The Bertz CT molecular complexity index is 836. The molecule has 2 heterocycles. The lowest BCUT2D eigenvalue weighted by Gasteiger charge is -2.03. The number of ether oxygens (including phenoxy) is 1. The first-order valence-electron chi connectivity index (χ1n) is 7.82. The van der Waals surface area contributed by atoms with Gasteiger partial charge in [-0.1, -0.05) is 30.8 Å². The summed E-state index contributed by atoms with van der Waals surface area (Å²) in [4.78, 5) is 4.30. The minimum absolute atomic E-state index is 0.0615. The quantitative estimate of drug-likeness (QED) is 0.536. The van der Waals surface area contributed by atoms with E-state index >= 15 is 0 Å². The Morgan fingerprint density at radius 2 is 1.92 bits per heavy atom. The van der Waals surface area contributed by atoms with E-state index in [0.29, 0.717) is 34.2 Å². The molecule has 2 aromatic heterocycles. The molecule has 138 valence electrons. The summed E-state index contributed by atoms with van der Waals surface area (Å²) < 4.78 is 39.3. The largest absolute Gasteiger partial charge is 0.435 e. The third kappa shape index (κ3) is 5.01. The Hall–Kier alpha value is -2.49. The molecule has 0 bridgehead atoms. The number of benzene rings is 1. The van der Waals surface area contributed by atoms with Crippen LogP contribution in [-0.2, 0) is 12.2 Å². The molecular formula is C16H16F2N4O3S. The van der Waals surface area contributed by atoms with Gasteiger partial charge in [-0.3, -0.25) is 0 Å². The van der Waals surface area contributed by atoms with E-state index in [0.717, 1.165) is 6.42 Å². The zero-order valence-electron chi connectivity index (χ0n) is 14.1. The minimum Gasteiger partial charge on any atom is -0.435 e. The molecule has 3 aromatic rings. The second-order valence-corrected chi connectivity index (χ2v) is 6.69. The standard InChI is InChI=1S/C16H16F2N4O3S/c1-9(2)7-12-19-13(25-22-12)8-26-16-21-20-14(24-16)10-3-5-11(6-4-10)23-15(17)18/h3-6,9,15H,7-8H2,1-2H3. The van der Waals surface area contributed by atoms with Crippen LogP contribution in [-0.4, -0.2) is 26.9 Å². The molecule has 0 aliphatic heterocycles.